The van der Waals surface area contributed by atoms with Crippen LogP contribution in [0.4, 0.5) is 11.9 Å². The normalized spacial score (nSPS) is 10.2. The second-order valence-corrected chi connectivity index (χ2v) is 3.22. The summed E-state index contributed by atoms with van der Waals surface area (Å²) >= 11 is 0. The van der Waals surface area contributed by atoms with E-state index in [2.05, 4.69) is 30.5 Å². The molecule has 2 heterocycles. The molecule has 17 heavy (non-hydrogen) atoms. The number of ether oxygens (including phenoxy) is 1. The molecule has 2 rings (SSSR count). The van der Waals surface area contributed by atoms with Crippen LogP contribution in [-0.4, -0.2) is 36.8 Å². The van der Waals surface area contributed by atoms with E-state index in [1.54, 1.807) is 10.9 Å². The van der Waals surface area contributed by atoms with E-state index in [9.17, 15) is 0 Å². The summed E-state index contributed by atoms with van der Waals surface area (Å²) in [6.07, 6.45) is 1.61. The largest absolute Gasteiger partial charge is 0.467 e. The second-order valence-electron chi connectivity index (χ2n) is 3.22. The van der Waals surface area contributed by atoms with Gasteiger partial charge in [0.2, 0.25) is 11.9 Å². The summed E-state index contributed by atoms with van der Waals surface area (Å²) in [4.78, 5) is 11.7. The Labute approximate surface area is 97.1 Å². The molecule has 3 N–H and O–H groups in total. The highest BCUT2D eigenvalue weighted by Gasteiger charge is 2.05. The highest BCUT2D eigenvalue weighted by atomic mass is 16.5. The van der Waals surface area contributed by atoms with E-state index < -0.39 is 0 Å². The number of hydrogen-bond acceptors (Lipinski definition) is 8. The fourth-order valence-corrected chi connectivity index (χ4v) is 1.17. The van der Waals surface area contributed by atoms with Crippen molar-refractivity contribution in [1.82, 2.24) is 29.7 Å². The van der Waals surface area contributed by atoms with Crippen LogP contribution in [0.2, 0.25) is 0 Å². The van der Waals surface area contributed by atoms with Gasteiger partial charge in [-0.1, -0.05) is 0 Å². The first-order valence-electron chi connectivity index (χ1n) is 4.81. The lowest BCUT2D eigenvalue weighted by Gasteiger charge is -2.05. The van der Waals surface area contributed by atoms with Crippen LogP contribution in [0.15, 0.2) is 6.33 Å². The molecule has 0 aliphatic heterocycles. The van der Waals surface area contributed by atoms with Gasteiger partial charge < -0.3 is 20.4 Å². The van der Waals surface area contributed by atoms with Gasteiger partial charge in [0.15, 0.2) is 5.82 Å². The molecule has 0 spiro atoms. The predicted molar refractivity (Wildman–Crippen MR) is 59.1 cm³/mol. The Morgan fingerprint density at radius 3 is 2.88 bits per heavy atom. The molecular weight excluding hydrogens is 224 g/mol. The fraction of sp³-hybridized carbons (Fsp3) is 0.375. The van der Waals surface area contributed by atoms with Gasteiger partial charge in [0.1, 0.15) is 6.33 Å². The maximum atomic E-state index is 5.50. The number of nitrogens with two attached hydrogens (primary N) is 1. The summed E-state index contributed by atoms with van der Waals surface area (Å²) in [5.41, 5.74) is 5.50. The minimum Gasteiger partial charge on any atom is -0.467 e. The minimum atomic E-state index is 0.0947. The summed E-state index contributed by atoms with van der Waals surface area (Å²) in [6.45, 7) is 0.434. The molecule has 90 valence electrons. The standard InChI is InChI=1S/C8H12N8O/c1-16-4-11-15-5(16)3-10-7-12-6(9)13-8(14-7)17-2/h4H,3H2,1-2H3,(H3,9,10,12,13,14). The number of methoxy groups -OCH3 is 1. The minimum absolute atomic E-state index is 0.0947. The van der Waals surface area contributed by atoms with Gasteiger partial charge in [-0.3, -0.25) is 0 Å². The second kappa shape index (κ2) is 4.60. The number of nitrogens with one attached hydrogen (secondary N) is 1. The first kappa shape index (κ1) is 11.0. The van der Waals surface area contributed by atoms with E-state index >= 15 is 0 Å². The van der Waals surface area contributed by atoms with Crippen LogP contribution in [0.3, 0.4) is 0 Å². The summed E-state index contributed by atoms with van der Waals surface area (Å²) in [6, 6.07) is 0.165. The van der Waals surface area contributed by atoms with Crippen molar-refractivity contribution in [2.24, 2.45) is 7.05 Å². The average Bonchev–Trinajstić information content (AvgIpc) is 2.71. The average molecular weight is 236 g/mol. The number of rotatable bonds is 4. The van der Waals surface area contributed by atoms with Crippen molar-refractivity contribution in [2.45, 2.75) is 6.54 Å². The monoisotopic (exact) mass is 236 g/mol. The molecule has 0 fully saturated rings. The SMILES string of the molecule is COc1nc(N)nc(NCc2nncn2C)n1. The first-order valence-corrected chi connectivity index (χ1v) is 4.81. The third-order valence-corrected chi connectivity index (χ3v) is 2.02. The van der Waals surface area contributed by atoms with Crippen molar-refractivity contribution >= 4 is 11.9 Å². The lowest BCUT2D eigenvalue weighted by molar-refractivity contribution is 0.379. The molecule has 9 heteroatoms. The zero-order valence-electron chi connectivity index (χ0n) is 9.45. The van der Waals surface area contributed by atoms with Crippen LogP contribution in [0.25, 0.3) is 0 Å². The van der Waals surface area contributed by atoms with Gasteiger partial charge in [-0.2, -0.15) is 15.0 Å². The van der Waals surface area contributed by atoms with Crippen molar-refractivity contribution in [3.8, 4) is 6.01 Å². The van der Waals surface area contributed by atoms with Crippen LogP contribution in [0.5, 0.6) is 6.01 Å². The number of hydrogen-bond donors (Lipinski definition) is 2. The topological polar surface area (TPSA) is 117 Å². The maximum Gasteiger partial charge on any atom is 0.322 e. The molecule has 0 aliphatic carbocycles. The summed E-state index contributed by atoms with van der Waals surface area (Å²) in [7, 11) is 3.31. The zero-order chi connectivity index (χ0) is 12.3. The van der Waals surface area contributed by atoms with Crippen LogP contribution in [0, 0.1) is 0 Å². The van der Waals surface area contributed by atoms with Crippen LogP contribution < -0.4 is 15.8 Å². The van der Waals surface area contributed by atoms with Gasteiger partial charge in [0, 0.05) is 7.05 Å². The lowest BCUT2D eigenvalue weighted by Crippen LogP contribution is -2.10. The zero-order valence-corrected chi connectivity index (χ0v) is 9.45. The number of aromatic nitrogens is 6. The quantitative estimate of drug-likeness (QED) is 0.708. The van der Waals surface area contributed by atoms with E-state index in [1.807, 2.05) is 7.05 Å². The van der Waals surface area contributed by atoms with Crippen molar-refractivity contribution in [3.63, 3.8) is 0 Å². The first-order chi connectivity index (χ1) is 8.19. The molecule has 0 aliphatic rings. The Balaban J connectivity index is 2.09. The molecule has 0 aromatic carbocycles. The molecule has 0 unspecified atom stereocenters. The molecule has 0 amide bonds. The van der Waals surface area contributed by atoms with Gasteiger partial charge in [0.25, 0.3) is 0 Å². The van der Waals surface area contributed by atoms with E-state index in [0.29, 0.717) is 12.5 Å². The van der Waals surface area contributed by atoms with Gasteiger partial charge >= 0.3 is 6.01 Å². The number of anilines is 2. The summed E-state index contributed by atoms with van der Waals surface area (Å²) in [5.74, 6) is 1.18. The van der Waals surface area contributed by atoms with Crippen LogP contribution in [-0.2, 0) is 13.6 Å². The Hall–Kier alpha value is -2.45. The third-order valence-electron chi connectivity index (χ3n) is 2.02. The smallest absolute Gasteiger partial charge is 0.322 e. The predicted octanol–water partition coefficient (Wildman–Crippen LogP) is -0.797. The molecule has 0 radical (unpaired) electrons. The van der Waals surface area contributed by atoms with Crippen molar-refractivity contribution in [1.29, 1.82) is 0 Å². The van der Waals surface area contributed by atoms with E-state index in [1.165, 1.54) is 7.11 Å². The third kappa shape index (κ3) is 2.56. The lowest BCUT2D eigenvalue weighted by atomic mass is 10.6. The summed E-state index contributed by atoms with van der Waals surface area (Å²) in [5, 5.41) is 10.6. The number of nitrogen functional groups attached to an aromatic ring is 1. The van der Waals surface area contributed by atoms with Gasteiger partial charge in [-0.25, -0.2) is 0 Å². The molecule has 0 atom stereocenters. The Bertz CT molecular complexity index is 510. The van der Waals surface area contributed by atoms with Gasteiger partial charge in [-0.05, 0) is 0 Å². The van der Waals surface area contributed by atoms with E-state index in [-0.39, 0.29) is 12.0 Å². The van der Waals surface area contributed by atoms with Crippen molar-refractivity contribution < 1.29 is 4.74 Å². The Morgan fingerprint density at radius 2 is 2.24 bits per heavy atom. The van der Waals surface area contributed by atoms with Crippen LogP contribution >= 0.6 is 0 Å². The summed E-state index contributed by atoms with van der Waals surface area (Å²) < 4.78 is 6.67. The van der Waals surface area contributed by atoms with Crippen molar-refractivity contribution in [3.05, 3.63) is 12.2 Å². The highest BCUT2D eigenvalue weighted by molar-refractivity contribution is 5.32. The molecular formula is C8H12N8O. The highest BCUT2D eigenvalue weighted by Crippen LogP contribution is 2.08. The van der Waals surface area contributed by atoms with Gasteiger partial charge in [0.05, 0.1) is 13.7 Å². The molecule has 0 saturated heterocycles. The molecule has 9 nitrogen and oxygen atoms in total. The Morgan fingerprint density at radius 1 is 1.41 bits per heavy atom. The number of aryl methyl sites for hydroxylation is 1. The molecule has 2 aromatic heterocycles. The fourth-order valence-electron chi connectivity index (χ4n) is 1.17. The number of nitrogens with zero attached hydrogens (tertiary/aromatic N) is 6. The van der Waals surface area contributed by atoms with Gasteiger partial charge in [-0.15, -0.1) is 10.2 Å². The maximum absolute atomic E-state index is 5.50. The van der Waals surface area contributed by atoms with Crippen molar-refractivity contribution in [2.75, 3.05) is 18.2 Å². The molecule has 2 aromatic rings. The molecule has 0 saturated carbocycles. The van der Waals surface area contributed by atoms with Crippen LogP contribution in [0.1, 0.15) is 5.82 Å². The van der Waals surface area contributed by atoms with E-state index in [0.717, 1.165) is 5.82 Å². The Kier molecular flexibility index (Phi) is 2.99. The van der Waals surface area contributed by atoms with E-state index in [4.69, 9.17) is 10.5 Å². The molecule has 0 bridgehead atoms.